The molecule has 0 N–H and O–H groups in total. The molecule has 0 aliphatic heterocycles. The van der Waals surface area contributed by atoms with Gasteiger partial charge in [-0.05, 0) is 41.9 Å². The molecule has 0 unspecified atom stereocenters. The summed E-state index contributed by atoms with van der Waals surface area (Å²) in [5.74, 6) is 0. The number of fused-ring (bicyclic) bond motifs is 1. The molecule has 1 heterocycles. The third kappa shape index (κ3) is 2.54. The van der Waals surface area contributed by atoms with Crippen LogP contribution in [0.5, 0.6) is 0 Å². The van der Waals surface area contributed by atoms with Gasteiger partial charge in [0.1, 0.15) is 5.01 Å². The van der Waals surface area contributed by atoms with E-state index in [0.29, 0.717) is 15.6 Å². The van der Waals surface area contributed by atoms with Crippen molar-refractivity contribution in [3.05, 3.63) is 52.0 Å². The number of carbonyl (C=O) groups excluding carboxylic acids is 1. The van der Waals surface area contributed by atoms with E-state index in [9.17, 15) is 4.79 Å². The van der Waals surface area contributed by atoms with Gasteiger partial charge in [-0.15, -0.1) is 11.3 Å². The summed E-state index contributed by atoms with van der Waals surface area (Å²) in [5, 5.41) is 1.33. The molecule has 0 saturated heterocycles. The Morgan fingerprint density at radius 1 is 1.05 bits per heavy atom. The maximum absolute atomic E-state index is 11.2. The van der Waals surface area contributed by atoms with Crippen LogP contribution in [-0.2, 0) is 0 Å². The number of benzene rings is 2. The van der Waals surface area contributed by atoms with Crippen molar-refractivity contribution in [2.45, 2.75) is 0 Å². The largest absolute Gasteiger partial charge is 0.276 e. The first-order valence-electron chi connectivity index (χ1n) is 5.60. The molecule has 100 valence electrons. The number of thiazole rings is 1. The summed E-state index contributed by atoms with van der Waals surface area (Å²) in [6.07, 6.45) is 0. The Hall–Kier alpha value is -1.13. The monoisotopic (exact) mass is 341 g/mol. The van der Waals surface area contributed by atoms with E-state index in [1.807, 2.05) is 6.07 Å². The van der Waals surface area contributed by atoms with E-state index < -0.39 is 5.24 Å². The number of nitrogens with zero attached hydrogens (tertiary/aromatic N) is 1. The first-order chi connectivity index (χ1) is 9.54. The SMILES string of the molecule is O=C(Cl)c1ccc2nc(-c3ccc(Cl)c(Cl)c3)sc2c1. The first kappa shape index (κ1) is 13.8. The molecule has 0 aliphatic carbocycles. The lowest BCUT2D eigenvalue weighted by Crippen LogP contribution is -1.86. The molecule has 0 atom stereocenters. The zero-order valence-corrected chi connectivity index (χ0v) is 12.9. The average Bonchev–Trinajstić information content (AvgIpc) is 2.84. The van der Waals surface area contributed by atoms with E-state index in [4.69, 9.17) is 34.8 Å². The van der Waals surface area contributed by atoms with Crippen LogP contribution in [0.2, 0.25) is 10.0 Å². The maximum Gasteiger partial charge on any atom is 0.252 e. The number of carbonyl (C=O) groups is 1. The number of hydrogen-bond donors (Lipinski definition) is 0. The Bertz CT molecular complexity index is 828. The molecular formula is C14H6Cl3NOS. The van der Waals surface area contributed by atoms with Crippen LogP contribution in [0.3, 0.4) is 0 Å². The van der Waals surface area contributed by atoms with E-state index in [2.05, 4.69) is 4.98 Å². The molecule has 0 radical (unpaired) electrons. The van der Waals surface area contributed by atoms with E-state index in [1.165, 1.54) is 11.3 Å². The lowest BCUT2D eigenvalue weighted by molar-refractivity contribution is 0.108. The number of aromatic nitrogens is 1. The van der Waals surface area contributed by atoms with Gasteiger partial charge in [-0.3, -0.25) is 4.79 Å². The fourth-order valence-electron chi connectivity index (χ4n) is 1.80. The fourth-order valence-corrected chi connectivity index (χ4v) is 3.22. The maximum atomic E-state index is 11.2. The molecule has 1 aromatic heterocycles. The van der Waals surface area contributed by atoms with Crippen molar-refractivity contribution >= 4 is 61.6 Å². The highest BCUT2D eigenvalue weighted by molar-refractivity contribution is 7.21. The lowest BCUT2D eigenvalue weighted by Gasteiger charge is -1.98. The smallest absolute Gasteiger partial charge is 0.252 e. The Morgan fingerprint density at radius 2 is 1.85 bits per heavy atom. The molecule has 0 fully saturated rings. The van der Waals surface area contributed by atoms with Gasteiger partial charge in [0.2, 0.25) is 0 Å². The molecule has 0 aliphatic rings. The van der Waals surface area contributed by atoms with Gasteiger partial charge in [-0.2, -0.15) is 0 Å². The van der Waals surface area contributed by atoms with Crippen molar-refractivity contribution < 1.29 is 4.79 Å². The summed E-state index contributed by atoms with van der Waals surface area (Å²) >= 11 is 18.9. The third-order valence-corrected chi connectivity index (χ3v) is 4.81. The Kier molecular flexibility index (Phi) is 3.69. The summed E-state index contributed by atoms with van der Waals surface area (Å²) in [6, 6.07) is 10.6. The average molecular weight is 343 g/mol. The number of halogens is 3. The molecule has 3 aromatic rings. The van der Waals surface area contributed by atoms with Crippen molar-refractivity contribution in [3.63, 3.8) is 0 Å². The molecular weight excluding hydrogens is 337 g/mol. The van der Waals surface area contributed by atoms with E-state index in [-0.39, 0.29) is 0 Å². The second-order valence-electron chi connectivity index (χ2n) is 4.10. The minimum atomic E-state index is -0.476. The molecule has 20 heavy (non-hydrogen) atoms. The van der Waals surface area contributed by atoms with Gasteiger partial charge in [0, 0.05) is 11.1 Å². The Balaban J connectivity index is 2.12. The van der Waals surface area contributed by atoms with Crippen LogP contribution < -0.4 is 0 Å². The highest BCUT2D eigenvalue weighted by Gasteiger charge is 2.10. The topological polar surface area (TPSA) is 30.0 Å². The molecule has 0 spiro atoms. The summed E-state index contributed by atoms with van der Waals surface area (Å²) in [4.78, 5) is 15.7. The zero-order valence-electron chi connectivity index (χ0n) is 9.86. The van der Waals surface area contributed by atoms with Crippen molar-refractivity contribution in [3.8, 4) is 10.6 Å². The Labute approximate surface area is 133 Å². The Morgan fingerprint density at radius 3 is 2.55 bits per heavy atom. The van der Waals surface area contributed by atoms with Crippen molar-refractivity contribution in [1.82, 2.24) is 4.98 Å². The second kappa shape index (κ2) is 5.34. The van der Waals surface area contributed by atoms with Gasteiger partial charge in [0.05, 0.1) is 20.3 Å². The van der Waals surface area contributed by atoms with Crippen LogP contribution in [0, 0.1) is 0 Å². The quantitative estimate of drug-likeness (QED) is 0.563. The summed E-state index contributed by atoms with van der Waals surface area (Å²) in [6.45, 7) is 0. The normalized spacial score (nSPS) is 10.9. The van der Waals surface area contributed by atoms with Gasteiger partial charge >= 0.3 is 0 Å². The summed E-state index contributed by atoms with van der Waals surface area (Å²) < 4.78 is 0.901. The molecule has 2 nitrogen and oxygen atoms in total. The highest BCUT2D eigenvalue weighted by Crippen LogP contribution is 2.34. The van der Waals surface area contributed by atoms with Crippen molar-refractivity contribution in [2.24, 2.45) is 0 Å². The molecule has 2 aromatic carbocycles. The first-order valence-corrected chi connectivity index (χ1v) is 7.55. The third-order valence-electron chi connectivity index (χ3n) is 2.78. The minimum Gasteiger partial charge on any atom is -0.276 e. The molecule has 6 heteroatoms. The molecule has 0 bridgehead atoms. The predicted octanol–water partition coefficient (Wildman–Crippen LogP) is 5.65. The summed E-state index contributed by atoms with van der Waals surface area (Å²) in [7, 11) is 0. The summed E-state index contributed by atoms with van der Waals surface area (Å²) in [5.41, 5.74) is 2.17. The van der Waals surface area contributed by atoms with Crippen molar-refractivity contribution in [2.75, 3.05) is 0 Å². The molecule has 3 rings (SSSR count). The highest BCUT2D eigenvalue weighted by atomic mass is 35.5. The second-order valence-corrected chi connectivity index (χ2v) is 6.29. The van der Waals surface area contributed by atoms with E-state index in [1.54, 1.807) is 30.3 Å². The van der Waals surface area contributed by atoms with Crippen LogP contribution >= 0.6 is 46.1 Å². The standard InChI is InChI=1S/C14H6Cl3NOS/c15-9-3-1-8(5-10(9)16)14-18-11-4-2-7(13(17)19)6-12(11)20-14/h1-6H. The number of hydrogen-bond acceptors (Lipinski definition) is 3. The van der Waals surface area contributed by atoms with Crippen LogP contribution in [0.25, 0.3) is 20.8 Å². The molecule has 0 amide bonds. The zero-order chi connectivity index (χ0) is 14.3. The number of rotatable bonds is 2. The van der Waals surface area contributed by atoms with Gasteiger partial charge in [0.25, 0.3) is 5.24 Å². The van der Waals surface area contributed by atoms with Crippen LogP contribution in [0.4, 0.5) is 0 Å². The van der Waals surface area contributed by atoms with Crippen molar-refractivity contribution in [1.29, 1.82) is 0 Å². The van der Waals surface area contributed by atoms with E-state index >= 15 is 0 Å². The predicted molar refractivity (Wildman–Crippen MR) is 85.3 cm³/mol. The van der Waals surface area contributed by atoms with E-state index in [0.717, 1.165) is 20.8 Å². The van der Waals surface area contributed by atoms with Gasteiger partial charge in [-0.1, -0.05) is 29.3 Å². The fraction of sp³-hybridized carbons (Fsp3) is 0. The van der Waals surface area contributed by atoms with Gasteiger partial charge < -0.3 is 0 Å². The van der Waals surface area contributed by atoms with Crippen LogP contribution in [0.15, 0.2) is 36.4 Å². The lowest BCUT2D eigenvalue weighted by atomic mass is 10.2. The van der Waals surface area contributed by atoms with Gasteiger partial charge in [0.15, 0.2) is 0 Å². The molecule has 0 saturated carbocycles. The minimum absolute atomic E-state index is 0.462. The van der Waals surface area contributed by atoms with Gasteiger partial charge in [-0.25, -0.2) is 4.98 Å². The van der Waals surface area contributed by atoms with Crippen LogP contribution in [0.1, 0.15) is 10.4 Å². The van der Waals surface area contributed by atoms with Crippen LogP contribution in [-0.4, -0.2) is 10.2 Å².